The van der Waals surface area contributed by atoms with Crippen LogP contribution >= 0.6 is 35.5 Å². The summed E-state index contributed by atoms with van der Waals surface area (Å²) in [5.74, 6) is 0.0932. The smallest absolute Gasteiger partial charge is 0.242 e. The summed E-state index contributed by atoms with van der Waals surface area (Å²) < 4.78 is 29.1. The molecule has 0 radical (unpaired) electrons. The van der Waals surface area contributed by atoms with Gasteiger partial charge in [-0.25, -0.2) is 12.7 Å². The van der Waals surface area contributed by atoms with E-state index < -0.39 is 10.0 Å². The normalized spacial score (nSPS) is 14.6. The monoisotopic (exact) mass is 484 g/mol. The highest BCUT2D eigenvalue weighted by Crippen LogP contribution is 2.57. The number of hydrogen-bond acceptors (Lipinski definition) is 7. The van der Waals surface area contributed by atoms with Gasteiger partial charge in [0.1, 0.15) is 0 Å². The minimum Gasteiger partial charge on any atom is -0.311 e. The zero-order valence-corrected chi connectivity index (χ0v) is 20.1. The maximum absolute atomic E-state index is 12.8. The number of amides is 1. The molecular weight excluding hydrogens is 461 g/mol. The van der Waals surface area contributed by atoms with Crippen molar-refractivity contribution < 1.29 is 13.2 Å². The summed E-state index contributed by atoms with van der Waals surface area (Å²) in [6.07, 6.45) is 3.14. The summed E-state index contributed by atoms with van der Waals surface area (Å²) in [5.41, 5.74) is 4.83. The first-order chi connectivity index (χ1) is 13.8. The second-order valence-corrected chi connectivity index (χ2v) is 11.0. The molecule has 0 saturated heterocycles. The number of para-hydroxylation sites is 1. The van der Waals surface area contributed by atoms with Gasteiger partial charge in [-0.15, -0.1) is 0 Å². The molecular formula is C19H24N4O3S4. The van der Waals surface area contributed by atoms with Crippen LogP contribution in [0.4, 0.5) is 22.7 Å². The van der Waals surface area contributed by atoms with E-state index in [1.807, 2.05) is 44.8 Å². The molecule has 0 saturated carbocycles. The highest BCUT2D eigenvalue weighted by molar-refractivity contribution is 8.76. The van der Waals surface area contributed by atoms with Crippen molar-refractivity contribution in [2.75, 3.05) is 40.3 Å². The standard InChI is InChI=1S/C19H22N4O3S3.H2S/c1-21(13-19(24)22-11-5-7-14-6-3-4-8-16(14)22)27-28-23-17-10-9-15(12-18(17)23)20-29(2,25)26;/h3-4,6,8-10,12,20H,5,7,11,13H2,1-2H3;1H2. The van der Waals surface area contributed by atoms with Gasteiger partial charge in [-0.3, -0.25) is 13.8 Å². The average molecular weight is 485 g/mol. The van der Waals surface area contributed by atoms with Crippen LogP contribution in [0.3, 0.4) is 0 Å². The van der Waals surface area contributed by atoms with Crippen molar-refractivity contribution in [3.05, 3.63) is 48.0 Å². The molecule has 4 rings (SSSR count). The Morgan fingerprint density at radius 1 is 1.17 bits per heavy atom. The van der Waals surface area contributed by atoms with Gasteiger partial charge in [-0.1, -0.05) is 18.2 Å². The Hall–Kier alpha value is -1.53. The van der Waals surface area contributed by atoms with Crippen molar-refractivity contribution in [2.45, 2.75) is 12.8 Å². The molecule has 162 valence electrons. The predicted molar refractivity (Wildman–Crippen MR) is 132 cm³/mol. The largest absolute Gasteiger partial charge is 0.311 e. The molecule has 2 aromatic rings. The minimum atomic E-state index is -3.29. The Balaban J connectivity index is 0.00000256. The maximum Gasteiger partial charge on any atom is 0.242 e. The quantitative estimate of drug-likeness (QED) is 0.365. The molecule has 0 atom stereocenters. The van der Waals surface area contributed by atoms with E-state index in [1.165, 1.54) is 27.5 Å². The van der Waals surface area contributed by atoms with E-state index in [4.69, 9.17) is 0 Å². The third kappa shape index (κ3) is 5.38. The first-order valence-electron chi connectivity index (χ1n) is 9.18. The molecule has 2 aliphatic heterocycles. The molecule has 0 spiro atoms. The summed E-state index contributed by atoms with van der Waals surface area (Å²) in [7, 11) is 1.60. The van der Waals surface area contributed by atoms with Crippen LogP contribution in [0.25, 0.3) is 0 Å². The lowest BCUT2D eigenvalue weighted by Gasteiger charge is -2.30. The van der Waals surface area contributed by atoms with E-state index in [9.17, 15) is 13.2 Å². The van der Waals surface area contributed by atoms with Gasteiger partial charge < -0.3 is 4.90 Å². The molecule has 2 aliphatic rings. The van der Waals surface area contributed by atoms with E-state index in [0.29, 0.717) is 12.2 Å². The molecule has 0 bridgehead atoms. The van der Waals surface area contributed by atoms with Crippen molar-refractivity contribution in [3.63, 3.8) is 0 Å². The summed E-state index contributed by atoms with van der Waals surface area (Å²) in [4.78, 5) is 14.7. The van der Waals surface area contributed by atoms with Gasteiger partial charge in [0.2, 0.25) is 15.9 Å². The van der Waals surface area contributed by atoms with Crippen molar-refractivity contribution >= 4 is 74.1 Å². The molecule has 30 heavy (non-hydrogen) atoms. The zero-order chi connectivity index (χ0) is 20.6. The molecule has 2 heterocycles. The van der Waals surface area contributed by atoms with Gasteiger partial charge in [-0.2, -0.15) is 13.5 Å². The molecule has 0 fully saturated rings. The summed E-state index contributed by atoms with van der Waals surface area (Å²) in [6, 6.07) is 13.5. The Morgan fingerprint density at radius 2 is 1.93 bits per heavy atom. The molecule has 2 aromatic carbocycles. The van der Waals surface area contributed by atoms with Crippen molar-refractivity contribution in [3.8, 4) is 0 Å². The number of rotatable bonds is 7. The maximum atomic E-state index is 12.8. The SMILES string of the molecule is CN(CC(=O)N1CCCc2ccccc21)SSN1c2ccc(NS(C)(=O)=O)cc21.S. The van der Waals surface area contributed by atoms with Gasteiger partial charge in [0.15, 0.2) is 0 Å². The first kappa shape index (κ1) is 23.1. The van der Waals surface area contributed by atoms with Crippen LogP contribution in [0.15, 0.2) is 42.5 Å². The number of benzene rings is 2. The van der Waals surface area contributed by atoms with E-state index >= 15 is 0 Å². The lowest BCUT2D eigenvalue weighted by Crippen LogP contribution is -2.40. The zero-order valence-electron chi connectivity index (χ0n) is 16.7. The average Bonchev–Trinajstić information content (AvgIpc) is 3.36. The van der Waals surface area contributed by atoms with Crippen LogP contribution in [0.2, 0.25) is 0 Å². The highest BCUT2D eigenvalue weighted by atomic mass is 33.1. The molecule has 0 aliphatic carbocycles. The van der Waals surface area contributed by atoms with Gasteiger partial charge in [0, 0.05) is 34.2 Å². The van der Waals surface area contributed by atoms with E-state index in [-0.39, 0.29) is 19.4 Å². The number of likely N-dealkylation sites (N-methyl/N-ethyl adjacent to an activating group) is 1. The third-order valence-electron chi connectivity index (χ3n) is 4.67. The topological polar surface area (TPSA) is 72.7 Å². The van der Waals surface area contributed by atoms with Crippen LogP contribution in [0, 0.1) is 0 Å². The number of anilines is 4. The fourth-order valence-electron chi connectivity index (χ4n) is 3.37. The highest BCUT2D eigenvalue weighted by Gasteiger charge is 2.31. The fraction of sp³-hybridized carbons (Fsp3) is 0.316. The van der Waals surface area contributed by atoms with Gasteiger partial charge >= 0.3 is 0 Å². The Kier molecular flexibility index (Phi) is 7.18. The van der Waals surface area contributed by atoms with Crippen molar-refractivity contribution in [1.29, 1.82) is 0 Å². The number of nitrogens with one attached hydrogen (secondary N) is 1. The van der Waals surface area contributed by atoms with Gasteiger partial charge in [0.25, 0.3) is 0 Å². The Labute approximate surface area is 192 Å². The summed E-state index contributed by atoms with van der Waals surface area (Å²) >= 11 is 0. The number of nitrogens with zero attached hydrogens (tertiary/aromatic N) is 3. The van der Waals surface area contributed by atoms with E-state index in [1.54, 1.807) is 12.1 Å². The molecule has 7 nitrogen and oxygen atoms in total. The van der Waals surface area contributed by atoms with Crippen molar-refractivity contribution in [1.82, 2.24) is 4.31 Å². The number of hydrogen-bond donors (Lipinski definition) is 1. The van der Waals surface area contributed by atoms with Crippen LogP contribution in [-0.2, 0) is 21.2 Å². The molecule has 1 N–H and O–H groups in total. The fourth-order valence-corrected chi connectivity index (χ4v) is 5.87. The second-order valence-electron chi connectivity index (χ2n) is 7.08. The Bertz CT molecular complexity index is 1050. The number of aryl methyl sites for hydroxylation is 1. The number of sulfonamides is 1. The predicted octanol–water partition coefficient (Wildman–Crippen LogP) is 3.75. The summed E-state index contributed by atoms with van der Waals surface area (Å²) in [5, 5.41) is 0. The lowest BCUT2D eigenvalue weighted by atomic mass is 10.0. The van der Waals surface area contributed by atoms with Crippen LogP contribution in [-0.4, -0.2) is 45.0 Å². The van der Waals surface area contributed by atoms with Crippen molar-refractivity contribution in [2.24, 2.45) is 0 Å². The van der Waals surface area contributed by atoms with Crippen LogP contribution < -0.4 is 13.9 Å². The number of carbonyl (C=O) groups is 1. The van der Waals surface area contributed by atoms with E-state index in [2.05, 4.69) is 10.8 Å². The third-order valence-corrected chi connectivity index (χ3v) is 7.68. The number of carbonyl (C=O) groups excluding carboxylic acids is 1. The van der Waals surface area contributed by atoms with Gasteiger partial charge in [0.05, 0.1) is 29.9 Å². The van der Waals surface area contributed by atoms with Gasteiger partial charge in [-0.05, 0) is 49.7 Å². The van der Waals surface area contributed by atoms with Crippen LogP contribution in [0.1, 0.15) is 12.0 Å². The van der Waals surface area contributed by atoms with E-state index in [0.717, 1.165) is 42.7 Å². The Morgan fingerprint density at radius 3 is 2.70 bits per heavy atom. The number of fused-ring (bicyclic) bond motifs is 2. The summed E-state index contributed by atoms with van der Waals surface area (Å²) in [6.45, 7) is 1.08. The molecule has 1 amide bonds. The lowest BCUT2D eigenvalue weighted by molar-refractivity contribution is -0.118. The van der Waals surface area contributed by atoms with Crippen LogP contribution in [0.5, 0.6) is 0 Å². The second kappa shape index (κ2) is 9.31. The minimum absolute atomic E-state index is 0. The first-order valence-corrected chi connectivity index (χ1v) is 13.1. The molecule has 11 heteroatoms. The molecule has 0 unspecified atom stereocenters. The molecule has 0 aromatic heterocycles.